The highest BCUT2D eigenvalue weighted by atomic mass is 32.2. The van der Waals surface area contributed by atoms with E-state index in [0.717, 1.165) is 5.56 Å². The average molecular weight is 235 g/mol. The van der Waals surface area contributed by atoms with E-state index in [9.17, 15) is 9.00 Å². The van der Waals surface area contributed by atoms with E-state index in [0.29, 0.717) is 11.3 Å². The summed E-state index contributed by atoms with van der Waals surface area (Å²) in [5.74, 6) is 2.58. The number of terminal acetylenes is 1. The van der Waals surface area contributed by atoms with Crippen LogP contribution in [-0.4, -0.2) is 22.9 Å². The second-order valence-corrected chi connectivity index (χ2v) is 4.74. The van der Waals surface area contributed by atoms with Gasteiger partial charge in [0.15, 0.2) is 0 Å². The topological polar surface area (TPSA) is 46.2 Å². The van der Waals surface area contributed by atoms with Gasteiger partial charge < -0.3 is 5.32 Å². The smallest absolute Gasteiger partial charge is 0.252 e. The van der Waals surface area contributed by atoms with Crippen LogP contribution >= 0.6 is 0 Å². The normalized spacial score (nSPS) is 11.5. The summed E-state index contributed by atoms with van der Waals surface area (Å²) in [5.41, 5.74) is 1.42. The lowest BCUT2D eigenvalue weighted by Crippen LogP contribution is -2.23. The summed E-state index contributed by atoms with van der Waals surface area (Å²) in [4.78, 5) is 11.6. The minimum absolute atomic E-state index is 0.207. The molecule has 3 nitrogen and oxygen atoms in total. The number of carbonyl (C=O) groups excluding carboxylic acids is 1. The van der Waals surface area contributed by atoms with Crippen LogP contribution in [0.2, 0.25) is 0 Å². The molecule has 0 spiro atoms. The highest BCUT2D eigenvalue weighted by Gasteiger charge is 2.05. The summed E-state index contributed by atoms with van der Waals surface area (Å²) in [6.45, 7) is 0.211. The lowest BCUT2D eigenvalue weighted by molar-refractivity contribution is 0.0958. The molecule has 0 saturated heterocycles. The minimum atomic E-state index is -0.907. The molecule has 1 N–H and O–H groups in total. The Hall–Kier alpha value is -1.60. The van der Waals surface area contributed by atoms with Crippen LogP contribution in [0.25, 0.3) is 0 Å². The Labute approximate surface area is 97.7 Å². The third kappa shape index (κ3) is 3.87. The van der Waals surface area contributed by atoms with Crippen molar-refractivity contribution < 1.29 is 9.00 Å². The van der Waals surface area contributed by atoms with Crippen LogP contribution in [0.1, 0.15) is 15.9 Å². The molecular formula is C12H13NO2S. The third-order valence-electron chi connectivity index (χ3n) is 1.91. The first-order valence-corrected chi connectivity index (χ1v) is 6.47. The van der Waals surface area contributed by atoms with Crippen molar-refractivity contribution in [1.29, 1.82) is 0 Å². The maximum absolute atomic E-state index is 11.6. The van der Waals surface area contributed by atoms with Gasteiger partial charge in [-0.1, -0.05) is 18.1 Å². The number of hydrogen-bond donors (Lipinski definition) is 1. The largest absolute Gasteiger partial charge is 0.341 e. The molecule has 4 heteroatoms. The molecular weight excluding hydrogens is 222 g/mol. The van der Waals surface area contributed by atoms with Gasteiger partial charge in [0.1, 0.15) is 0 Å². The van der Waals surface area contributed by atoms with Crippen LogP contribution in [0.3, 0.4) is 0 Å². The van der Waals surface area contributed by atoms with Crippen molar-refractivity contribution in [2.75, 3.05) is 12.8 Å². The fourth-order valence-electron chi connectivity index (χ4n) is 1.27. The summed E-state index contributed by atoms with van der Waals surface area (Å²) in [6.07, 6.45) is 6.68. The predicted octanol–water partition coefficient (Wildman–Crippen LogP) is 0.928. The van der Waals surface area contributed by atoms with Gasteiger partial charge in [-0.15, -0.1) is 6.42 Å². The molecule has 0 aliphatic heterocycles. The zero-order valence-corrected chi connectivity index (χ0v) is 9.84. The first-order valence-electron chi connectivity index (χ1n) is 4.74. The Morgan fingerprint density at radius 1 is 1.56 bits per heavy atom. The predicted molar refractivity (Wildman–Crippen MR) is 65.4 cm³/mol. The summed E-state index contributed by atoms with van der Waals surface area (Å²) < 4.78 is 11.1. The highest BCUT2D eigenvalue weighted by Crippen LogP contribution is 2.07. The SMILES string of the molecule is C#CCNC(=O)c1cccc(CS(C)=O)c1. The minimum Gasteiger partial charge on any atom is -0.341 e. The van der Waals surface area contributed by atoms with Gasteiger partial charge in [0.25, 0.3) is 5.91 Å². The lowest BCUT2D eigenvalue weighted by atomic mass is 10.1. The van der Waals surface area contributed by atoms with Crippen LogP contribution in [0.15, 0.2) is 24.3 Å². The molecule has 0 heterocycles. The van der Waals surface area contributed by atoms with Gasteiger partial charge in [0.2, 0.25) is 0 Å². The molecule has 16 heavy (non-hydrogen) atoms. The van der Waals surface area contributed by atoms with Gasteiger partial charge in [-0.25, -0.2) is 0 Å². The van der Waals surface area contributed by atoms with Crippen molar-refractivity contribution in [2.45, 2.75) is 5.75 Å². The fraction of sp³-hybridized carbons (Fsp3) is 0.250. The van der Waals surface area contributed by atoms with Crippen LogP contribution in [0.4, 0.5) is 0 Å². The maximum Gasteiger partial charge on any atom is 0.252 e. The van der Waals surface area contributed by atoms with E-state index in [1.807, 2.05) is 6.07 Å². The summed E-state index contributed by atoms with van der Waals surface area (Å²) in [6, 6.07) is 7.05. The molecule has 1 amide bonds. The van der Waals surface area contributed by atoms with Crippen molar-refractivity contribution in [3.05, 3.63) is 35.4 Å². The number of benzene rings is 1. The molecule has 1 rings (SSSR count). The Kier molecular flexibility index (Phi) is 4.74. The third-order valence-corrected chi connectivity index (χ3v) is 2.65. The Balaban J connectivity index is 2.78. The van der Waals surface area contributed by atoms with Crippen LogP contribution < -0.4 is 5.32 Å². The van der Waals surface area contributed by atoms with E-state index < -0.39 is 10.8 Å². The monoisotopic (exact) mass is 235 g/mol. The number of carbonyl (C=O) groups is 1. The first-order chi connectivity index (χ1) is 7.63. The zero-order chi connectivity index (χ0) is 12.0. The molecule has 1 atom stereocenters. The number of nitrogens with one attached hydrogen (secondary N) is 1. The molecule has 0 saturated carbocycles. The fourth-order valence-corrected chi connectivity index (χ4v) is 1.92. The van der Waals surface area contributed by atoms with Gasteiger partial charge >= 0.3 is 0 Å². The number of rotatable bonds is 4. The molecule has 0 aliphatic rings. The molecule has 0 aromatic heterocycles. The average Bonchev–Trinajstić information content (AvgIpc) is 2.25. The molecule has 0 fully saturated rings. The summed E-state index contributed by atoms with van der Waals surface area (Å²) >= 11 is 0. The molecule has 1 aromatic carbocycles. The van der Waals surface area contributed by atoms with Gasteiger partial charge in [0.05, 0.1) is 6.54 Å². The van der Waals surface area contributed by atoms with E-state index in [-0.39, 0.29) is 12.5 Å². The highest BCUT2D eigenvalue weighted by molar-refractivity contribution is 7.83. The van der Waals surface area contributed by atoms with Crippen molar-refractivity contribution in [2.24, 2.45) is 0 Å². The van der Waals surface area contributed by atoms with E-state index in [1.54, 1.807) is 24.5 Å². The molecule has 0 bridgehead atoms. The maximum atomic E-state index is 11.6. The van der Waals surface area contributed by atoms with Crippen LogP contribution in [0, 0.1) is 12.3 Å². The summed E-state index contributed by atoms with van der Waals surface area (Å²) in [5, 5.41) is 2.58. The van der Waals surface area contributed by atoms with E-state index in [2.05, 4.69) is 11.2 Å². The van der Waals surface area contributed by atoms with Gasteiger partial charge in [-0.05, 0) is 17.7 Å². The quantitative estimate of drug-likeness (QED) is 0.789. The van der Waals surface area contributed by atoms with Crippen molar-refractivity contribution in [3.63, 3.8) is 0 Å². The number of amides is 1. The molecule has 0 aliphatic carbocycles. The second-order valence-electron chi connectivity index (χ2n) is 3.30. The Bertz CT molecular complexity index is 449. The molecule has 1 unspecified atom stereocenters. The van der Waals surface area contributed by atoms with Gasteiger partial charge in [-0.3, -0.25) is 9.00 Å². The van der Waals surface area contributed by atoms with E-state index in [4.69, 9.17) is 6.42 Å². The summed E-state index contributed by atoms with van der Waals surface area (Å²) in [7, 11) is -0.907. The van der Waals surface area contributed by atoms with Gasteiger partial charge in [0, 0.05) is 28.4 Å². The molecule has 0 radical (unpaired) electrons. The molecule has 1 aromatic rings. The zero-order valence-electron chi connectivity index (χ0n) is 9.03. The van der Waals surface area contributed by atoms with E-state index >= 15 is 0 Å². The van der Waals surface area contributed by atoms with Crippen molar-refractivity contribution >= 4 is 16.7 Å². The second kappa shape index (κ2) is 6.09. The Morgan fingerprint density at radius 3 is 2.94 bits per heavy atom. The van der Waals surface area contributed by atoms with E-state index in [1.165, 1.54) is 0 Å². The van der Waals surface area contributed by atoms with Crippen LogP contribution in [0.5, 0.6) is 0 Å². The lowest BCUT2D eigenvalue weighted by Gasteiger charge is -2.04. The van der Waals surface area contributed by atoms with Crippen molar-refractivity contribution in [3.8, 4) is 12.3 Å². The Morgan fingerprint density at radius 2 is 2.31 bits per heavy atom. The standard InChI is InChI=1S/C12H13NO2S/c1-3-7-13-12(14)11-6-4-5-10(8-11)9-16(2)15/h1,4-6,8H,7,9H2,2H3,(H,13,14). The molecule has 84 valence electrons. The van der Waals surface area contributed by atoms with Gasteiger partial charge in [-0.2, -0.15) is 0 Å². The number of hydrogen-bond acceptors (Lipinski definition) is 2. The first kappa shape index (κ1) is 12.5. The van der Waals surface area contributed by atoms with Crippen LogP contribution in [-0.2, 0) is 16.6 Å². The van der Waals surface area contributed by atoms with Crippen molar-refractivity contribution in [1.82, 2.24) is 5.32 Å².